The van der Waals surface area contributed by atoms with Crippen LogP contribution in [-0.4, -0.2) is 5.78 Å². The standard InChI is InChI=1S/C8H12O/c9-8-4-2-6-1-3-7(8)5-6/h6-7H,1-5H2. The Hall–Kier alpha value is -0.330. The van der Waals surface area contributed by atoms with Crippen LogP contribution < -0.4 is 0 Å². The number of carbonyl (C=O) groups is 1. The lowest BCUT2D eigenvalue weighted by molar-refractivity contribution is -0.124. The van der Waals surface area contributed by atoms with Gasteiger partial charge in [0.2, 0.25) is 0 Å². The molecule has 0 spiro atoms. The predicted molar refractivity (Wildman–Crippen MR) is 35.1 cm³/mol. The maximum atomic E-state index is 11.1. The lowest BCUT2D eigenvalue weighted by Gasteiger charge is -2.15. The molecule has 1 heteroatoms. The van der Waals surface area contributed by atoms with Gasteiger partial charge in [-0.05, 0) is 31.6 Å². The minimum Gasteiger partial charge on any atom is -0.299 e. The molecule has 0 radical (unpaired) electrons. The van der Waals surface area contributed by atoms with Crippen LogP contribution >= 0.6 is 0 Å². The van der Waals surface area contributed by atoms with Crippen molar-refractivity contribution < 1.29 is 4.79 Å². The van der Waals surface area contributed by atoms with Gasteiger partial charge < -0.3 is 0 Å². The van der Waals surface area contributed by atoms with Crippen LogP contribution in [0.5, 0.6) is 0 Å². The first-order valence-corrected chi connectivity index (χ1v) is 3.89. The second kappa shape index (κ2) is 1.83. The highest BCUT2D eigenvalue weighted by atomic mass is 16.1. The molecule has 0 saturated heterocycles. The van der Waals surface area contributed by atoms with Gasteiger partial charge in [0, 0.05) is 12.3 Å². The van der Waals surface area contributed by atoms with E-state index in [1.165, 1.54) is 25.7 Å². The Morgan fingerprint density at radius 1 is 1.22 bits per heavy atom. The van der Waals surface area contributed by atoms with E-state index in [0.717, 1.165) is 12.3 Å². The molecule has 0 heterocycles. The van der Waals surface area contributed by atoms with Crippen molar-refractivity contribution in [2.75, 3.05) is 0 Å². The van der Waals surface area contributed by atoms with E-state index in [1.807, 2.05) is 0 Å². The second-order valence-corrected chi connectivity index (χ2v) is 3.38. The molecule has 50 valence electrons. The molecule has 1 nitrogen and oxygen atoms in total. The first kappa shape index (κ1) is 5.45. The SMILES string of the molecule is O=C1CCC2CCC1C2. The molecule has 2 bridgehead atoms. The molecule has 9 heavy (non-hydrogen) atoms. The summed E-state index contributed by atoms with van der Waals surface area (Å²) in [5.41, 5.74) is 0. The topological polar surface area (TPSA) is 17.1 Å². The van der Waals surface area contributed by atoms with Crippen LogP contribution in [0, 0.1) is 11.8 Å². The maximum absolute atomic E-state index is 11.1. The van der Waals surface area contributed by atoms with Gasteiger partial charge in [0.15, 0.2) is 0 Å². The molecule has 2 unspecified atom stereocenters. The lowest BCUT2D eigenvalue weighted by atomic mass is 9.88. The van der Waals surface area contributed by atoms with Gasteiger partial charge in [0.05, 0.1) is 0 Å². The van der Waals surface area contributed by atoms with Gasteiger partial charge in [-0.15, -0.1) is 0 Å². The minimum atomic E-state index is 0.490. The van der Waals surface area contributed by atoms with Crippen molar-refractivity contribution in [3.63, 3.8) is 0 Å². The quantitative estimate of drug-likeness (QED) is 0.481. The number of hydrogen-bond acceptors (Lipinski definition) is 1. The Morgan fingerprint density at radius 3 is 2.89 bits per heavy atom. The molecule has 0 aliphatic heterocycles. The average molecular weight is 124 g/mol. The highest BCUT2D eigenvalue weighted by Crippen LogP contribution is 2.39. The average Bonchev–Trinajstić information content (AvgIpc) is 2.25. The Kier molecular flexibility index (Phi) is 1.11. The molecule has 2 fully saturated rings. The number of fused-ring (bicyclic) bond motifs is 2. The summed E-state index contributed by atoms with van der Waals surface area (Å²) in [5.74, 6) is 1.96. The molecular weight excluding hydrogens is 112 g/mol. The van der Waals surface area contributed by atoms with Crippen molar-refractivity contribution in [3.8, 4) is 0 Å². The van der Waals surface area contributed by atoms with Gasteiger partial charge in [-0.3, -0.25) is 4.79 Å². The van der Waals surface area contributed by atoms with E-state index >= 15 is 0 Å². The van der Waals surface area contributed by atoms with Gasteiger partial charge in [0.25, 0.3) is 0 Å². The minimum absolute atomic E-state index is 0.490. The van der Waals surface area contributed by atoms with E-state index in [9.17, 15) is 4.79 Å². The fourth-order valence-corrected chi connectivity index (χ4v) is 2.18. The molecule has 2 rings (SSSR count). The van der Waals surface area contributed by atoms with E-state index in [1.54, 1.807) is 0 Å². The van der Waals surface area contributed by atoms with E-state index < -0.39 is 0 Å². The van der Waals surface area contributed by atoms with Crippen LogP contribution in [-0.2, 0) is 4.79 Å². The van der Waals surface area contributed by atoms with Gasteiger partial charge in [0.1, 0.15) is 5.78 Å². The van der Waals surface area contributed by atoms with Crippen LogP contribution in [0.15, 0.2) is 0 Å². The molecule has 2 saturated carbocycles. The molecule has 2 atom stereocenters. The van der Waals surface area contributed by atoms with Crippen molar-refractivity contribution in [2.45, 2.75) is 32.1 Å². The fraction of sp³-hybridized carbons (Fsp3) is 0.875. The third-order valence-electron chi connectivity index (χ3n) is 2.80. The van der Waals surface area contributed by atoms with Crippen LogP contribution in [0.25, 0.3) is 0 Å². The largest absolute Gasteiger partial charge is 0.299 e. The van der Waals surface area contributed by atoms with Crippen molar-refractivity contribution in [1.82, 2.24) is 0 Å². The van der Waals surface area contributed by atoms with Crippen LogP contribution in [0.3, 0.4) is 0 Å². The molecular formula is C8H12O. The zero-order valence-electron chi connectivity index (χ0n) is 5.60. The molecule has 2 aliphatic carbocycles. The summed E-state index contributed by atoms with van der Waals surface area (Å²) >= 11 is 0. The summed E-state index contributed by atoms with van der Waals surface area (Å²) in [6, 6.07) is 0. The van der Waals surface area contributed by atoms with Gasteiger partial charge in [-0.2, -0.15) is 0 Å². The molecule has 0 N–H and O–H groups in total. The Bertz CT molecular complexity index is 140. The maximum Gasteiger partial charge on any atom is 0.135 e. The molecule has 2 aliphatic rings. The van der Waals surface area contributed by atoms with Crippen molar-refractivity contribution in [3.05, 3.63) is 0 Å². The fourth-order valence-electron chi connectivity index (χ4n) is 2.18. The van der Waals surface area contributed by atoms with Crippen molar-refractivity contribution >= 4 is 5.78 Å². The third kappa shape index (κ3) is 0.790. The summed E-state index contributed by atoms with van der Waals surface area (Å²) in [6.45, 7) is 0. The highest BCUT2D eigenvalue weighted by Gasteiger charge is 2.33. The second-order valence-electron chi connectivity index (χ2n) is 3.38. The van der Waals surface area contributed by atoms with Crippen molar-refractivity contribution in [2.24, 2.45) is 11.8 Å². The zero-order chi connectivity index (χ0) is 6.27. The first-order valence-electron chi connectivity index (χ1n) is 3.89. The Morgan fingerprint density at radius 2 is 2.11 bits per heavy atom. The smallest absolute Gasteiger partial charge is 0.135 e. The first-order chi connectivity index (χ1) is 4.36. The predicted octanol–water partition coefficient (Wildman–Crippen LogP) is 1.77. The third-order valence-corrected chi connectivity index (χ3v) is 2.80. The van der Waals surface area contributed by atoms with E-state index in [4.69, 9.17) is 0 Å². The number of Topliss-reactive ketones (excluding diaryl/α,β-unsaturated/α-hetero) is 1. The van der Waals surface area contributed by atoms with E-state index in [-0.39, 0.29) is 0 Å². The highest BCUT2D eigenvalue weighted by molar-refractivity contribution is 5.82. The summed E-state index contributed by atoms with van der Waals surface area (Å²) in [5, 5.41) is 0. The van der Waals surface area contributed by atoms with Gasteiger partial charge in [-0.25, -0.2) is 0 Å². The van der Waals surface area contributed by atoms with E-state index in [2.05, 4.69) is 0 Å². The van der Waals surface area contributed by atoms with Gasteiger partial charge in [-0.1, -0.05) is 0 Å². The normalized spacial score (nSPS) is 41.6. The number of carbonyl (C=O) groups excluding carboxylic acids is 1. The summed E-state index contributed by atoms with van der Waals surface area (Å²) < 4.78 is 0. The summed E-state index contributed by atoms with van der Waals surface area (Å²) in [6.07, 6.45) is 5.82. The van der Waals surface area contributed by atoms with Crippen LogP contribution in [0.4, 0.5) is 0 Å². The zero-order valence-corrected chi connectivity index (χ0v) is 5.60. The monoisotopic (exact) mass is 124 g/mol. The molecule has 0 aromatic carbocycles. The van der Waals surface area contributed by atoms with E-state index in [0.29, 0.717) is 11.7 Å². The molecule has 0 aromatic heterocycles. The van der Waals surface area contributed by atoms with Crippen LogP contribution in [0.1, 0.15) is 32.1 Å². The Labute approximate surface area is 55.4 Å². The molecule has 0 aromatic rings. The molecule has 0 amide bonds. The summed E-state index contributed by atoms with van der Waals surface area (Å²) in [7, 11) is 0. The number of ketones is 1. The van der Waals surface area contributed by atoms with Crippen molar-refractivity contribution in [1.29, 1.82) is 0 Å². The number of hydrogen-bond donors (Lipinski definition) is 0. The number of rotatable bonds is 0. The van der Waals surface area contributed by atoms with Crippen LogP contribution in [0.2, 0.25) is 0 Å². The summed E-state index contributed by atoms with van der Waals surface area (Å²) in [4.78, 5) is 11.1. The lowest BCUT2D eigenvalue weighted by Crippen LogP contribution is -2.16. The van der Waals surface area contributed by atoms with Gasteiger partial charge >= 0.3 is 0 Å². The Balaban J connectivity index is 2.14.